The first-order valence-electron chi connectivity index (χ1n) is 15.1. The summed E-state index contributed by atoms with van der Waals surface area (Å²) in [6.45, 7) is 10.4. The van der Waals surface area contributed by atoms with Gasteiger partial charge in [0.15, 0.2) is 0 Å². The van der Waals surface area contributed by atoms with Crippen molar-refractivity contribution in [2.24, 2.45) is 10.2 Å². The van der Waals surface area contributed by atoms with Gasteiger partial charge in [0.25, 0.3) is 0 Å². The Hall–Kier alpha value is -4.46. The lowest BCUT2D eigenvalue weighted by molar-refractivity contribution is 0.408. The van der Waals surface area contributed by atoms with E-state index in [1.54, 1.807) is 0 Å². The molecule has 0 spiro atoms. The normalized spacial score (nSPS) is 17.8. The molecular weight excluding hydrogens is 534 g/mol. The lowest BCUT2D eigenvalue weighted by atomic mass is 10.1. The topological polar surface area (TPSA) is 61.2 Å². The number of hydrogen-bond donors (Lipinski definition) is 0. The lowest BCUT2D eigenvalue weighted by Gasteiger charge is -2.18. The Kier molecular flexibility index (Phi) is 7.43. The van der Waals surface area contributed by atoms with E-state index in [9.17, 15) is 0 Å². The van der Waals surface area contributed by atoms with Crippen molar-refractivity contribution in [2.75, 3.05) is 36.3 Å². The zero-order valence-corrected chi connectivity index (χ0v) is 25.0. The maximum atomic E-state index is 5.52. The number of epoxide rings is 2. The van der Waals surface area contributed by atoms with Crippen molar-refractivity contribution in [3.8, 4) is 0 Å². The minimum Gasteiger partial charge on any atom is -0.371 e. The highest BCUT2D eigenvalue weighted by atomic mass is 16.6. The number of aromatic nitrogens is 1. The average molecular weight is 572 g/mol. The molecule has 7 heteroatoms. The predicted octanol–water partition coefficient (Wildman–Crippen LogP) is 6.91. The summed E-state index contributed by atoms with van der Waals surface area (Å²) in [6, 6.07) is 30.2. The molecule has 2 aliphatic heterocycles. The molecule has 4 aromatic carbocycles. The number of aryl methyl sites for hydroxylation is 3. The summed E-state index contributed by atoms with van der Waals surface area (Å²) in [6.07, 6.45) is 4.40. The zero-order chi connectivity index (χ0) is 29.3. The van der Waals surface area contributed by atoms with Gasteiger partial charge in [0, 0.05) is 28.4 Å². The van der Waals surface area contributed by atoms with Crippen molar-refractivity contribution in [3.05, 3.63) is 107 Å². The first-order valence-corrected chi connectivity index (χ1v) is 15.1. The van der Waals surface area contributed by atoms with Crippen LogP contribution in [0.4, 0.5) is 11.4 Å². The fourth-order valence-corrected chi connectivity index (χ4v) is 5.52. The quantitative estimate of drug-likeness (QED) is 0.0982. The molecule has 3 heterocycles. The second kappa shape index (κ2) is 11.7. The average Bonchev–Trinajstić information content (AvgIpc) is 3.97. The highest BCUT2D eigenvalue weighted by molar-refractivity contribution is 6.11. The van der Waals surface area contributed by atoms with Crippen molar-refractivity contribution in [2.45, 2.75) is 39.5 Å². The van der Waals surface area contributed by atoms with E-state index >= 15 is 0 Å². The molecule has 1 aromatic heterocycles. The Bertz CT molecular complexity index is 1670. The van der Waals surface area contributed by atoms with Crippen molar-refractivity contribution >= 4 is 45.6 Å². The highest BCUT2D eigenvalue weighted by Gasteiger charge is 2.26. The van der Waals surface area contributed by atoms with Crippen molar-refractivity contribution in [1.82, 2.24) is 4.57 Å². The summed E-state index contributed by atoms with van der Waals surface area (Å²) >= 11 is 0. The molecule has 2 fully saturated rings. The molecule has 0 amide bonds. The molecule has 2 aliphatic rings. The molecule has 0 N–H and O–H groups in total. The third-order valence-corrected chi connectivity index (χ3v) is 8.14. The fraction of sp³-hybridized carbons (Fsp3) is 0.278. The number of nitrogens with zero attached hydrogens (tertiary/aromatic N) is 5. The van der Waals surface area contributed by atoms with E-state index in [2.05, 4.69) is 110 Å². The second-order valence-electron chi connectivity index (χ2n) is 11.5. The van der Waals surface area contributed by atoms with Gasteiger partial charge in [-0.2, -0.15) is 10.2 Å². The summed E-state index contributed by atoms with van der Waals surface area (Å²) in [5, 5.41) is 16.3. The van der Waals surface area contributed by atoms with Crippen LogP contribution >= 0.6 is 0 Å². The van der Waals surface area contributed by atoms with Gasteiger partial charge in [0.1, 0.15) is 12.2 Å². The van der Waals surface area contributed by atoms with E-state index in [1.807, 2.05) is 22.4 Å². The Labute approximate surface area is 252 Å². The van der Waals surface area contributed by atoms with Crippen LogP contribution in [-0.4, -0.2) is 55.5 Å². The largest absolute Gasteiger partial charge is 0.371 e. The lowest BCUT2D eigenvalue weighted by Crippen LogP contribution is -2.22. The van der Waals surface area contributed by atoms with Crippen molar-refractivity contribution < 1.29 is 9.47 Å². The molecule has 0 aliphatic carbocycles. The van der Waals surface area contributed by atoms with Crippen molar-refractivity contribution in [1.29, 1.82) is 0 Å². The Morgan fingerprint density at radius 2 is 1.09 bits per heavy atom. The number of hydrazone groups is 2. The van der Waals surface area contributed by atoms with Crippen LogP contribution in [-0.2, 0) is 16.0 Å². The second-order valence-corrected chi connectivity index (χ2v) is 11.5. The van der Waals surface area contributed by atoms with Gasteiger partial charge in [-0.3, -0.25) is 10.0 Å². The van der Waals surface area contributed by atoms with Gasteiger partial charge in [0.05, 0.1) is 50.1 Å². The third-order valence-electron chi connectivity index (χ3n) is 8.14. The van der Waals surface area contributed by atoms with E-state index in [-0.39, 0.29) is 12.2 Å². The number of benzene rings is 4. The van der Waals surface area contributed by atoms with E-state index in [0.29, 0.717) is 0 Å². The molecule has 0 bridgehead atoms. The molecule has 2 atom stereocenters. The molecule has 0 saturated carbocycles. The Morgan fingerprint density at radius 1 is 0.674 bits per heavy atom. The van der Waals surface area contributed by atoms with Crippen molar-refractivity contribution in [3.63, 3.8) is 0 Å². The molecule has 2 saturated heterocycles. The first-order chi connectivity index (χ1) is 21.0. The number of ether oxygens (including phenoxy) is 2. The molecule has 0 radical (unpaired) electrons. The maximum absolute atomic E-state index is 5.52. The van der Waals surface area contributed by atoms with Gasteiger partial charge in [-0.15, -0.1) is 0 Å². The molecule has 5 aromatic rings. The molecule has 7 nitrogen and oxygen atoms in total. The SMILES string of the molecule is CCn1c2ccc(/C=N/N(CC3CO3)c3ccc(C)cc3)cc2c2cc(/C=N/N(CC3CO3)c3ccc(C)cc3)ccc21. The minimum atomic E-state index is 0.238. The van der Waals surface area contributed by atoms with Crippen LogP contribution in [0.2, 0.25) is 0 Å². The van der Waals surface area contributed by atoms with E-state index in [0.717, 1.165) is 55.3 Å². The predicted molar refractivity (Wildman–Crippen MR) is 177 cm³/mol. The van der Waals surface area contributed by atoms with Crippen LogP contribution in [0.1, 0.15) is 29.2 Å². The summed E-state index contributed by atoms with van der Waals surface area (Å²) in [5.41, 5.74) is 9.16. The molecular formula is C36H37N5O2. The van der Waals surface area contributed by atoms with Gasteiger partial charge < -0.3 is 14.0 Å². The van der Waals surface area contributed by atoms with E-state index in [4.69, 9.17) is 19.7 Å². The van der Waals surface area contributed by atoms with E-state index < -0.39 is 0 Å². The van der Waals surface area contributed by atoms with Crippen LogP contribution in [0.15, 0.2) is 95.1 Å². The van der Waals surface area contributed by atoms with Crippen LogP contribution < -0.4 is 10.0 Å². The number of rotatable bonds is 11. The Balaban J connectivity index is 1.20. The van der Waals surface area contributed by atoms with Crippen LogP contribution in [0, 0.1) is 13.8 Å². The number of fused-ring (bicyclic) bond motifs is 3. The van der Waals surface area contributed by atoms with Gasteiger partial charge in [-0.05, 0) is 80.4 Å². The molecule has 2 unspecified atom stereocenters. The number of hydrogen-bond acceptors (Lipinski definition) is 6. The van der Waals surface area contributed by atoms with Gasteiger partial charge >= 0.3 is 0 Å². The summed E-state index contributed by atoms with van der Waals surface area (Å²) in [4.78, 5) is 0. The number of anilines is 2. The standard InChI is InChI=1S/C36H37N5O2/c1-4-39-35-15-9-27(19-37-40(21-31-23-42-31)29-11-5-25(2)6-12-29)17-33(35)34-18-28(10-16-36(34)39)20-38-41(22-32-24-43-32)30-13-7-26(3)8-14-30/h5-20,31-32H,4,21-24H2,1-3H3/b37-19+,38-20+. The molecule has 43 heavy (non-hydrogen) atoms. The van der Waals surface area contributed by atoms with Crippen LogP contribution in [0.5, 0.6) is 0 Å². The minimum absolute atomic E-state index is 0.238. The zero-order valence-electron chi connectivity index (χ0n) is 25.0. The van der Waals surface area contributed by atoms with E-state index in [1.165, 1.54) is 32.9 Å². The fourth-order valence-electron chi connectivity index (χ4n) is 5.52. The first kappa shape index (κ1) is 27.4. The molecule has 7 rings (SSSR count). The smallest absolute Gasteiger partial charge is 0.101 e. The van der Waals surface area contributed by atoms with Crippen LogP contribution in [0.3, 0.4) is 0 Å². The Morgan fingerprint density at radius 3 is 1.47 bits per heavy atom. The molecule has 218 valence electrons. The summed E-state index contributed by atoms with van der Waals surface area (Å²) in [7, 11) is 0. The highest BCUT2D eigenvalue weighted by Crippen LogP contribution is 2.31. The van der Waals surface area contributed by atoms with Gasteiger partial charge in [-0.25, -0.2) is 0 Å². The van der Waals surface area contributed by atoms with Gasteiger partial charge in [-0.1, -0.05) is 47.5 Å². The summed E-state index contributed by atoms with van der Waals surface area (Å²) in [5.74, 6) is 0. The van der Waals surface area contributed by atoms with Gasteiger partial charge in [0.2, 0.25) is 0 Å². The van der Waals surface area contributed by atoms with Crippen LogP contribution in [0.25, 0.3) is 21.8 Å². The monoisotopic (exact) mass is 571 g/mol. The third kappa shape index (κ3) is 6.19. The summed E-state index contributed by atoms with van der Waals surface area (Å²) < 4.78 is 13.4. The maximum Gasteiger partial charge on any atom is 0.101 e.